The van der Waals surface area contributed by atoms with Crippen molar-refractivity contribution in [1.82, 2.24) is 25.4 Å². The fourth-order valence-electron chi connectivity index (χ4n) is 3.12. The van der Waals surface area contributed by atoms with Crippen molar-refractivity contribution in [3.05, 3.63) is 36.7 Å². The maximum absolute atomic E-state index is 12.1. The summed E-state index contributed by atoms with van der Waals surface area (Å²) in [6.45, 7) is 2.14. The third-order valence-corrected chi connectivity index (χ3v) is 5.51. The van der Waals surface area contributed by atoms with E-state index in [4.69, 9.17) is 0 Å². The average molecular weight is 373 g/mol. The molecule has 3 rings (SSSR count). The molecule has 2 N–H and O–H groups in total. The summed E-state index contributed by atoms with van der Waals surface area (Å²) < 4.78 is 1.81. The van der Waals surface area contributed by atoms with E-state index in [1.807, 2.05) is 34.9 Å². The van der Waals surface area contributed by atoms with Crippen LogP contribution >= 0.6 is 11.8 Å². The van der Waals surface area contributed by atoms with Gasteiger partial charge in [0.2, 0.25) is 5.91 Å². The van der Waals surface area contributed by atoms with E-state index < -0.39 is 6.03 Å². The quantitative estimate of drug-likeness (QED) is 0.787. The number of nitrogens with zero attached hydrogens (tertiary/aromatic N) is 3. The van der Waals surface area contributed by atoms with Gasteiger partial charge in [-0.3, -0.25) is 14.7 Å². The second kappa shape index (κ2) is 8.84. The van der Waals surface area contributed by atoms with Gasteiger partial charge in [-0.15, -0.1) is 10.2 Å². The molecule has 26 heavy (non-hydrogen) atoms. The van der Waals surface area contributed by atoms with Crippen molar-refractivity contribution in [3.8, 4) is 5.69 Å². The predicted molar refractivity (Wildman–Crippen MR) is 100 cm³/mol. The van der Waals surface area contributed by atoms with E-state index in [2.05, 4.69) is 27.8 Å². The zero-order valence-corrected chi connectivity index (χ0v) is 15.5. The van der Waals surface area contributed by atoms with E-state index in [9.17, 15) is 9.59 Å². The van der Waals surface area contributed by atoms with E-state index in [0.717, 1.165) is 24.9 Å². The Morgan fingerprint density at radius 2 is 2.00 bits per heavy atom. The lowest BCUT2D eigenvalue weighted by Gasteiger charge is -2.29. The summed E-state index contributed by atoms with van der Waals surface area (Å²) in [5.41, 5.74) is 0.921. The van der Waals surface area contributed by atoms with E-state index >= 15 is 0 Å². The second-order valence-corrected chi connectivity index (χ2v) is 7.44. The Bertz CT molecular complexity index is 749. The number of imide groups is 1. The smallest absolute Gasteiger partial charge is 0.321 e. The van der Waals surface area contributed by atoms with Gasteiger partial charge in [-0.1, -0.05) is 49.7 Å². The first kappa shape index (κ1) is 18.4. The Labute approximate surface area is 157 Å². The molecule has 1 aromatic heterocycles. The minimum absolute atomic E-state index is 0.0964. The average Bonchev–Trinajstić information content (AvgIpc) is 3.11. The molecule has 0 saturated heterocycles. The monoisotopic (exact) mass is 373 g/mol. The Morgan fingerprint density at radius 1 is 1.23 bits per heavy atom. The number of nitrogens with one attached hydrogen (secondary N) is 2. The number of benzene rings is 1. The minimum Gasteiger partial charge on any atom is -0.335 e. The van der Waals surface area contributed by atoms with Gasteiger partial charge >= 0.3 is 6.03 Å². The van der Waals surface area contributed by atoms with Crippen LogP contribution in [0, 0.1) is 5.92 Å². The molecule has 7 nitrogen and oxygen atoms in total. The third-order valence-electron chi connectivity index (χ3n) is 4.56. The normalized spacial score (nSPS) is 19.7. The van der Waals surface area contributed by atoms with Gasteiger partial charge in [0.1, 0.15) is 6.33 Å². The largest absolute Gasteiger partial charge is 0.335 e. The van der Waals surface area contributed by atoms with Crippen LogP contribution in [0.15, 0.2) is 41.8 Å². The molecule has 2 aromatic rings. The molecule has 0 bridgehead atoms. The molecule has 0 radical (unpaired) electrons. The van der Waals surface area contributed by atoms with Crippen LogP contribution < -0.4 is 10.6 Å². The maximum atomic E-state index is 12.1. The maximum Gasteiger partial charge on any atom is 0.321 e. The molecular formula is C18H23N5O2S. The Balaban J connectivity index is 1.49. The van der Waals surface area contributed by atoms with Crippen molar-refractivity contribution >= 4 is 23.7 Å². The van der Waals surface area contributed by atoms with Crippen LogP contribution in [0.25, 0.3) is 5.69 Å². The van der Waals surface area contributed by atoms with Gasteiger partial charge in [0.05, 0.1) is 5.75 Å². The highest BCUT2D eigenvalue weighted by molar-refractivity contribution is 7.99. The molecule has 1 aliphatic carbocycles. The standard InChI is InChI=1S/C18H23N5O2S/c1-13-7-5-6-10-15(13)20-17(25)21-16(24)11-26-18-22-19-12-23(18)14-8-3-2-4-9-14/h2-4,8-9,12-13,15H,5-7,10-11H2,1H3,(H2,20,21,24,25)/t13-,15+/m1/s1. The van der Waals surface area contributed by atoms with Gasteiger partial charge in [-0.05, 0) is 30.9 Å². The van der Waals surface area contributed by atoms with Crippen LogP contribution in [0.4, 0.5) is 4.79 Å². The van der Waals surface area contributed by atoms with Crippen molar-refractivity contribution in [2.45, 2.75) is 43.8 Å². The topological polar surface area (TPSA) is 88.9 Å². The van der Waals surface area contributed by atoms with Gasteiger partial charge in [-0.25, -0.2) is 4.79 Å². The number of hydrogen-bond donors (Lipinski definition) is 2. The first-order valence-corrected chi connectivity index (χ1v) is 9.80. The number of para-hydroxylation sites is 1. The molecule has 1 fully saturated rings. The van der Waals surface area contributed by atoms with Crippen LogP contribution in [0.5, 0.6) is 0 Å². The molecule has 0 unspecified atom stereocenters. The van der Waals surface area contributed by atoms with E-state index in [1.54, 1.807) is 6.33 Å². The molecule has 1 aliphatic rings. The number of hydrogen-bond acceptors (Lipinski definition) is 5. The van der Waals surface area contributed by atoms with Crippen molar-refractivity contribution in [2.24, 2.45) is 5.92 Å². The first-order valence-electron chi connectivity index (χ1n) is 8.82. The highest BCUT2D eigenvalue weighted by Gasteiger charge is 2.23. The molecule has 2 atom stereocenters. The number of urea groups is 1. The molecular weight excluding hydrogens is 350 g/mol. The van der Waals surface area contributed by atoms with E-state index in [1.165, 1.54) is 18.2 Å². The van der Waals surface area contributed by atoms with Gasteiger partial charge in [0.25, 0.3) is 0 Å². The zero-order chi connectivity index (χ0) is 18.4. The highest BCUT2D eigenvalue weighted by atomic mass is 32.2. The predicted octanol–water partition coefficient (Wildman–Crippen LogP) is 2.76. The fourth-order valence-corrected chi connectivity index (χ4v) is 3.85. The number of amides is 3. The Kier molecular flexibility index (Phi) is 6.27. The Hall–Kier alpha value is -2.35. The molecule has 1 aromatic carbocycles. The molecule has 1 saturated carbocycles. The van der Waals surface area contributed by atoms with Crippen LogP contribution in [0.2, 0.25) is 0 Å². The van der Waals surface area contributed by atoms with Gasteiger partial charge < -0.3 is 5.32 Å². The van der Waals surface area contributed by atoms with Crippen LogP contribution in [0.1, 0.15) is 32.6 Å². The number of aromatic nitrogens is 3. The molecule has 3 amide bonds. The van der Waals surface area contributed by atoms with Crippen molar-refractivity contribution in [1.29, 1.82) is 0 Å². The summed E-state index contributed by atoms with van der Waals surface area (Å²) in [6, 6.07) is 9.38. The number of rotatable bonds is 5. The first-order chi connectivity index (χ1) is 12.6. The fraction of sp³-hybridized carbons (Fsp3) is 0.444. The minimum atomic E-state index is -0.418. The van der Waals surface area contributed by atoms with Crippen LogP contribution in [-0.4, -0.2) is 38.5 Å². The lowest BCUT2D eigenvalue weighted by Crippen LogP contribution is -2.48. The summed E-state index contributed by atoms with van der Waals surface area (Å²) in [6.07, 6.45) is 6.02. The van der Waals surface area contributed by atoms with E-state index in [0.29, 0.717) is 11.1 Å². The van der Waals surface area contributed by atoms with E-state index in [-0.39, 0.29) is 17.7 Å². The Morgan fingerprint density at radius 3 is 2.77 bits per heavy atom. The number of thioether (sulfide) groups is 1. The zero-order valence-electron chi connectivity index (χ0n) is 14.7. The van der Waals surface area contributed by atoms with Crippen LogP contribution in [0.3, 0.4) is 0 Å². The molecule has 0 aliphatic heterocycles. The third kappa shape index (κ3) is 4.85. The molecule has 1 heterocycles. The summed E-state index contributed by atoms with van der Waals surface area (Å²) in [4.78, 5) is 24.1. The molecule has 138 valence electrons. The lowest BCUT2D eigenvalue weighted by molar-refractivity contribution is -0.117. The van der Waals surface area contributed by atoms with Crippen molar-refractivity contribution in [2.75, 3.05) is 5.75 Å². The number of carbonyl (C=O) groups excluding carboxylic acids is 2. The lowest BCUT2D eigenvalue weighted by atomic mass is 9.86. The van der Waals surface area contributed by atoms with Gasteiger partial charge in [0.15, 0.2) is 5.16 Å². The SMILES string of the molecule is C[C@@H]1CCCC[C@@H]1NC(=O)NC(=O)CSc1nncn1-c1ccccc1. The van der Waals surface area contributed by atoms with Crippen LogP contribution in [-0.2, 0) is 4.79 Å². The van der Waals surface area contributed by atoms with Crippen molar-refractivity contribution < 1.29 is 9.59 Å². The summed E-state index contributed by atoms with van der Waals surface area (Å²) in [5, 5.41) is 13.9. The highest BCUT2D eigenvalue weighted by Crippen LogP contribution is 2.23. The summed E-state index contributed by atoms with van der Waals surface area (Å²) >= 11 is 1.24. The van der Waals surface area contributed by atoms with Gasteiger partial charge in [-0.2, -0.15) is 0 Å². The van der Waals surface area contributed by atoms with Crippen molar-refractivity contribution in [3.63, 3.8) is 0 Å². The molecule has 8 heteroatoms. The second-order valence-electron chi connectivity index (χ2n) is 6.50. The summed E-state index contributed by atoms with van der Waals surface area (Å²) in [7, 11) is 0. The number of carbonyl (C=O) groups is 2. The van der Waals surface area contributed by atoms with Gasteiger partial charge in [0, 0.05) is 11.7 Å². The summed E-state index contributed by atoms with van der Waals surface area (Å²) in [5.74, 6) is 0.195. The molecule has 0 spiro atoms.